The molecule has 0 spiro atoms. The van der Waals surface area contributed by atoms with Gasteiger partial charge in [0.05, 0.1) is 23.9 Å². The second-order valence-electron chi connectivity index (χ2n) is 6.89. The van der Waals surface area contributed by atoms with Crippen molar-refractivity contribution in [1.29, 1.82) is 5.26 Å². The second kappa shape index (κ2) is 8.05. The Hall–Kier alpha value is -3.46. The van der Waals surface area contributed by atoms with Crippen LogP contribution in [0.5, 0.6) is 0 Å². The molecule has 4 rings (SSSR count). The molecule has 2 aromatic heterocycles. The number of fused-ring (bicyclic) bond motifs is 1. The molecular weight excluding hydrogens is 350 g/mol. The van der Waals surface area contributed by atoms with Gasteiger partial charge in [0.1, 0.15) is 0 Å². The SMILES string of the molecule is N#Cc1ccc(C(=O)NCCn2nc(-c3ccncc3)c3c2CCCC3)cc1. The molecule has 1 aromatic carbocycles. The Morgan fingerprint density at radius 3 is 2.61 bits per heavy atom. The molecular formula is C22H21N5O. The standard InChI is InChI=1S/C22H21N5O/c23-15-16-5-7-18(8-6-16)22(28)25-13-14-27-20-4-2-1-3-19(20)21(26-27)17-9-11-24-12-10-17/h5-12H,1-4,13-14H2,(H,25,28). The largest absolute Gasteiger partial charge is 0.350 e. The minimum Gasteiger partial charge on any atom is -0.350 e. The first-order valence-corrected chi connectivity index (χ1v) is 9.53. The number of amides is 1. The average Bonchev–Trinajstić information content (AvgIpc) is 3.13. The van der Waals surface area contributed by atoms with E-state index in [-0.39, 0.29) is 5.91 Å². The summed E-state index contributed by atoms with van der Waals surface area (Å²) in [6.07, 6.45) is 8.02. The van der Waals surface area contributed by atoms with Crippen LogP contribution in [0.25, 0.3) is 11.3 Å². The van der Waals surface area contributed by atoms with E-state index < -0.39 is 0 Å². The van der Waals surface area contributed by atoms with Gasteiger partial charge in [0.25, 0.3) is 5.91 Å². The normalized spacial score (nSPS) is 12.8. The van der Waals surface area contributed by atoms with Crippen molar-refractivity contribution in [2.24, 2.45) is 0 Å². The molecule has 0 bridgehead atoms. The van der Waals surface area contributed by atoms with Crippen molar-refractivity contribution in [3.63, 3.8) is 0 Å². The maximum atomic E-state index is 12.3. The van der Waals surface area contributed by atoms with E-state index in [1.54, 1.807) is 36.7 Å². The van der Waals surface area contributed by atoms with E-state index in [2.05, 4.69) is 16.4 Å². The number of pyridine rings is 1. The Morgan fingerprint density at radius 1 is 1.11 bits per heavy atom. The molecule has 1 N–H and O–H groups in total. The molecule has 6 nitrogen and oxygen atoms in total. The zero-order valence-corrected chi connectivity index (χ0v) is 15.6. The maximum absolute atomic E-state index is 12.3. The van der Waals surface area contributed by atoms with Crippen LogP contribution in [0.4, 0.5) is 0 Å². The summed E-state index contributed by atoms with van der Waals surface area (Å²) in [5.74, 6) is -0.139. The Kier molecular flexibility index (Phi) is 5.16. The smallest absolute Gasteiger partial charge is 0.251 e. The average molecular weight is 371 g/mol. The maximum Gasteiger partial charge on any atom is 0.251 e. The number of nitrogens with one attached hydrogen (secondary N) is 1. The lowest BCUT2D eigenvalue weighted by atomic mass is 9.94. The van der Waals surface area contributed by atoms with E-state index in [0.29, 0.717) is 24.2 Å². The molecule has 1 amide bonds. The third kappa shape index (κ3) is 3.65. The highest BCUT2D eigenvalue weighted by molar-refractivity contribution is 5.94. The highest BCUT2D eigenvalue weighted by atomic mass is 16.1. The molecule has 1 aliphatic carbocycles. The molecule has 2 heterocycles. The number of nitrogens with zero attached hydrogens (tertiary/aromatic N) is 4. The molecule has 0 fully saturated rings. The molecule has 28 heavy (non-hydrogen) atoms. The summed E-state index contributed by atoms with van der Waals surface area (Å²) in [5, 5.41) is 16.7. The third-order valence-electron chi connectivity index (χ3n) is 5.10. The number of rotatable bonds is 5. The monoisotopic (exact) mass is 371 g/mol. The van der Waals surface area contributed by atoms with Crippen LogP contribution in [-0.2, 0) is 19.4 Å². The van der Waals surface area contributed by atoms with Crippen LogP contribution in [0.1, 0.15) is 40.0 Å². The van der Waals surface area contributed by atoms with Gasteiger partial charge in [0, 0.05) is 41.3 Å². The number of aromatic nitrogens is 3. The van der Waals surface area contributed by atoms with E-state index in [1.165, 1.54) is 24.1 Å². The van der Waals surface area contributed by atoms with Crippen LogP contribution in [-0.4, -0.2) is 27.2 Å². The van der Waals surface area contributed by atoms with E-state index >= 15 is 0 Å². The minimum absolute atomic E-state index is 0.139. The number of benzene rings is 1. The molecule has 0 radical (unpaired) electrons. The van der Waals surface area contributed by atoms with Gasteiger partial charge in [-0.3, -0.25) is 14.5 Å². The van der Waals surface area contributed by atoms with Crippen molar-refractivity contribution in [1.82, 2.24) is 20.1 Å². The summed E-state index contributed by atoms with van der Waals surface area (Å²) in [6, 6.07) is 12.7. The van der Waals surface area contributed by atoms with Crippen LogP contribution in [0, 0.1) is 11.3 Å². The fraction of sp³-hybridized carbons (Fsp3) is 0.273. The van der Waals surface area contributed by atoms with E-state index in [9.17, 15) is 4.79 Å². The van der Waals surface area contributed by atoms with Crippen molar-refractivity contribution in [2.75, 3.05) is 6.54 Å². The summed E-state index contributed by atoms with van der Waals surface area (Å²) in [5.41, 5.74) is 5.84. The molecule has 0 aliphatic heterocycles. The first-order valence-electron chi connectivity index (χ1n) is 9.53. The lowest BCUT2D eigenvalue weighted by Gasteiger charge is -2.14. The third-order valence-corrected chi connectivity index (χ3v) is 5.10. The van der Waals surface area contributed by atoms with E-state index in [4.69, 9.17) is 10.4 Å². The zero-order valence-electron chi connectivity index (χ0n) is 15.6. The highest BCUT2D eigenvalue weighted by Crippen LogP contribution is 2.30. The van der Waals surface area contributed by atoms with Crippen molar-refractivity contribution < 1.29 is 4.79 Å². The van der Waals surface area contributed by atoms with Crippen LogP contribution < -0.4 is 5.32 Å². The number of carbonyl (C=O) groups is 1. The zero-order chi connectivity index (χ0) is 19.3. The Labute approximate surface area is 163 Å². The Bertz CT molecular complexity index is 1020. The molecule has 3 aromatic rings. The predicted octanol–water partition coefficient (Wildman–Crippen LogP) is 3.13. The number of nitriles is 1. The molecule has 140 valence electrons. The van der Waals surface area contributed by atoms with Gasteiger partial charge in [-0.05, 0) is 62.1 Å². The van der Waals surface area contributed by atoms with Crippen molar-refractivity contribution in [3.05, 3.63) is 71.2 Å². The number of hydrogen-bond donors (Lipinski definition) is 1. The van der Waals surface area contributed by atoms with E-state index in [0.717, 1.165) is 24.1 Å². The lowest BCUT2D eigenvalue weighted by Crippen LogP contribution is -2.28. The van der Waals surface area contributed by atoms with Gasteiger partial charge >= 0.3 is 0 Å². The van der Waals surface area contributed by atoms with Gasteiger partial charge in [0.2, 0.25) is 0 Å². The second-order valence-corrected chi connectivity index (χ2v) is 6.89. The lowest BCUT2D eigenvalue weighted by molar-refractivity contribution is 0.0952. The minimum atomic E-state index is -0.139. The Morgan fingerprint density at radius 2 is 1.86 bits per heavy atom. The quantitative estimate of drug-likeness (QED) is 0.747. The molecule has 6 heteroatoms. The van der Waals surface area contributed by atoms with Crippen molar-refractivity contribution in [2.45, 2.75) is 32.2 Å². The van der Waals surface area contributed by atoms with E-state index in [1.807, 2.05) is 16.8 Å². The summed E-state index contributed by atoms with van der Waals surface area (Å²) in [4.78, 5) is 16.4. The topological polar surface area (TPSA) is 83.6 Å². The van der Waals surface area contributed by atoms with Gasteiger partial charge in [-0.25, -0.2) is 0 Å². The van der Waals surface area contributed by atoms with Crippen LogP contribution in [0.2, 0.25) is 0 Å². The number of hydrogen-bond acceptors (Lipinski definition) is 4. The summed E-state index contributed by atoms with van der Waals surface area (Å²) < 4.78 is 2.04. The summed E-state index contributed by atoms with van der Waals surface area (Å²) in [6.45, 7) is 1.14. The van der Waals surface area contributed by atoms with Crippen LogP contribution in [0.15, 0.2) is 48.8 Å². The van der Waals surface area contributed by atoms with Crippen molar-refractivity contribution >= 4 is 5.91 Å². The van der Waals surface area contributed by atoms with Gasteiger partial charge in [-0.2, -0.15) is 10.4 Å². The molecule has 0 saturated heterocycles. The van der Waals surface area contributed by atoms with Crippen molar-refractivity contribution in [3.8, 4) is 17.3 Å². The number of carbonyl (C=O) groups excluding carboxylic acids is 1. The summed E-state index contributed by atoms with van der Waals surface area (Å²) in [7, 11) is 0. The van der Waals surface area contributed by atoms with Gasteiger partial charge in [-0.1, -0.05) is 0 Å². The fourth-order valence-electron chi connectivity index (χ4n) is 3.67. The first kappa shape index (κ1) is 17.9. The van der Waals surface area contributed by atoms with Crippen LogP contribution in [0.3, 0.4) is 0 Å². The highest BCUT2D eigenvalue weighted by Gasteiger charge is 2.21. The van der Waals surface area contributed by atoms with Gasteiger partial charge in [-0.15, -0.1) is 0 Å². The molecule has 1 aliphatic rings. The molecule has 0 unspecified atom stereocenters. The summed E-state index contributed by atoms with van der Waals surface area (Å²) >= 11 is 0. The first-order chi connectivity index (χ1) is 13.8. The molecule has 0 saturated carbocycles. The fourth-order valence-corrected chi connectivity index (χ4v) is 3.67. The van der Waals surface area contributed by atoms with Gasteiger partial charge in [0.15, 0.2) is 0 Å². The Balaban J connectivity index is 1.47. The predicted molar refractivity (Wildman–Crippen MR) is 106 cm³/mol. The molecule has 0 atom stereocenters. The van der Waals surface area contributed by atoms with Crippen LogP contribution >= 0.6 is 0 Å². The van der Waals surface area contributed by atoms with Gasteiger partial charge < -0.3 is 5.32 Å².